The minimum Gasteiger partial charge on any atom is -0.396 e. The number of unbranched alkanes of at least 4 members (excludes halogenated alkanes) is 2. The van der Waals surface area contributed by atoms with E-state index in [1.165, 1.54) is 0 Å². The predicted molar refractivity (Wildman–Crippen MR) is 126 cm³/mol. The quantitative estimate of drug-likeness (QED) is 0.451. The van der Waals surface area contributed by atoms with Gasteiger partial charge in [-0.25, -0.2) is 0 Å². The summed E-state index contributed by atoms with van der Waals surface area (Å²) in [7, 11) is 0. The Hall–Kier alpha value is -2.45. The molecule has 34 heavy (non-hydrogen) atoms. The van der Waals surface area contributed by atoms with Crippen LogP contribution < -0.4 is 10.6 Å². The Morgan fingerprint density at radius 2 is 1.88 bits per heavy atom. The summed E-state index contributed by atoms with van der Waals surface area (Å²) in [6.07, 6.45) is 3.30. The number of aliphatic hydroxyl groups is 1. The maximum absolute atomic E-state index is 13.8. The molecular formula is C26H37N3O5. The molecule has 3 fully saturated rings. The van der Waals surface area contributed by atoms with Crippen molar-refractivity contribution in [2.75, 3.05) is 13.2 Å². The van der Waals surface area contributed by atoms with Crippen molar-refractivity contribution in [3.63, 3.8) is 0 Å². The lowest BCUT2D eigenvalue weighted by Gasteiger charge is -2.34. The van der Waals surface area contributed by atoms with Gasteiger partial charge in [-0.05, 0) is 58.4 Å². The Morgan fingerprint density at radius 1 is 1.15 bits per heavy atom. The zero-order chi connectivity index (χ0) is 24.5. The number of amides is 3. The molecule has 8 heteroatoms. The lowest BCUT2D eigenvalue weighted by Crippen LogP contribution is -2.56. The molecule has 5 atom stereocenters. The van der Waals surface area contributed by atoms with E-state index in [1.807, 2.05) is 51.1 Å². The smallest absolute Gasteiger partial charge is 0.246 e. The first-order valence-corrected chi connectivity index (χ1v) is 12.5. The van der Waals surface area contributed by atoms with Crippen LogP contribution in [0.15, 0.2) is 30.3 Å². The lowest BCUT2D eigenvalue weighted by molar-refractivity contribution is -0.146. The van der Waals surface area contributed by atoms with E-state index < -0.39 is 29.1 Å². The van der Waals surface area contributed by atoms with E-state index in [-0.39, 0.29) is 30.4 Å². The second kappa shape index (κ2) is 9.66. The van der Waals surface area contributed by atoms with Gasteiger partial charge in [0.15, 0.2) is 0 Å². The van der Waals surface area contributed by atoms with Crippen LogP contribution in [0.25, 0.3) is 0 Å². The Morgan fingerprint density at radius 3 is 2.56 bits per heavy atom. The number of carbonyl (C=O) groups is 3. The monoisotopic (exact) mass is 471 g/mol. The minimum atomic E-state index is -0.990. The zero-order valence-electron chi connectivity index (χ0n) is 20.4. The third kappa shape index (κ3) is 4.22. The molecule has 3 saturated heterocycles. The molecule has 3 aliphatic rings. The lowest BCUT2D eigenvalue weighted by atomic mass is 9.66. The third-order valence-electron chi connectivity index (χ3n) is 7.61. The van der Waals surface area contributed by atoms with Crippen molar-refractivity contribution in [1.82, 2.24) is 15.5 Å². The molecule has 0 saturated carbocycles. The molecule has 3 heterocycles. The fourth-order valence-electron chi connectivity index (χ4n) is 6.20. The van der Waals surface area contributed by atoms with Crippen molar-refractivity contribution < 1.29 is 24.2 Å². The number of aliphatic hydroxyl groups excluding tert-OH is 1. The van der Waals surface area contributed by atoms with Crippen LogP contribution in [0.1, 0.15) is 58.4 Å². The van der Waals surface area contributed by atoms with Gasteiger partial charge in [-0.1, -0.05) is 30.3 Å². The summed E-state index contributed by atoms with van der Waals surface area (Å²) in [4.78, 5) is 42.3. The Bertz CT molecular complexity index is 922. The molecule has 3 aliphatic heterocycles. The molecule has 4 rings (SSSR count). The number of likely N-dealkylation sites (tertiary alicyclic amines) is 1. The van der Waals surface area contributed by atoms with Crippen molar-refractivity contribution in [1.29, 1.82) is 0 Å². The largest absolute Gasteiger partial charge is 0.396 e. The van der Waals surface area contributed by atoms with E-state index >= 15 is 0 Å². The molecule has 8 nitrogen and oxygen atoms in total. The molecule has 0 aliphatic carbocycles. The Kier molecular flexibility index (Phi) is 7.01. The molecule has 186 valence electrons. The van der Waals surface area contributed by atoms with Crippen molar-refractivity contribution >= 4 is 17.7 Å². The summed E-state index contributed by atoms with van der Waals surface area (Å²) in [6, 6.07) is 8.83. The van der Waals surface area contributed by atoms with Crippen molar-refractivity contribution in [3.8, 4) is 0 Å². The first-order valence-electron chi connectivity index (χ1n) is 12.5. The highest BCUT2D eigenvalue weighted by Crippen LogP contribution is 2.63. The van der Waals surface area contributed by atoms with Gasteiger partial charge < -0.3 is 25.4 Å². The van der Waals surface area contributed by atoms with Crippen LogP contribution in [0.2, 0.25) is 0 Å². The van der Waals surface area contributed by atoms with Crippen molar-refractivity contribution in [3.05, 3.63) is 35.9 Å². The van der Waals surface area contributed by atoms with E-state index in [9.17, 15) is 14.4 Å². The van der Waals surface area contributed by atoms with Crippen LogP contribution in [0.4, 0.5) is 0 Å². The number of ether oxygens (including phenoxy) is 1. The molecule has 3 N–H and O–H groups in total. The molecule has 3 amide bonds. The Balaban J connectivity index is 1.60. The number of benzene rings is 1. The van der Waals surface area contributed by atoms with Crippen LogP contribution in [0, 0.1) is 11.8 Å². The van der Waals surface area contributed by atoms with Crippen molar-refractivity contribution in [2.24, 2.45) is 11.8 Å². The van der Waals surface area contributed by atoms with Gasteiger partial charge in [0.05, 0.1) is 17.4 Å². The zero-order valence-corrected chi connectivity index (χ0v) is 20.4. The summed E-state index contributed by atoms with van der Waals surface area (Å²) < 4.78 is 6.58. The van der Waals surface area contributed by atoms with Crippen LogP contribution in [-0.4, -0.2) is 64.2 Å². The average molecular weight is 472 g/mol. The summed E-state index contributed by atoms with van der Waals surface area (Å²) in [5.74, 6) is -1.91. The number of nitrogens with zero attached hydrogens (tertiary/aromatic N) is 1. The van der Waals surface area contributed by atoms with Crippen LogP contribution >= 0.6 is 0 Å². The van der Waals surface area contributed by atoms with E-state index in [2.05, 4.69) is 10.6 Å². The third-order valence-corrected chi connectivity index (χ3v) is 7.61. The number of carbonyl (C=O) groups excluding carboxylic acids is 3. The SMILES string of the molecule is CC(C)NC(=O)C1N(CCCCCO)C(=O)[C@@H]2[C@@H](C(=O)NCc3ccccc3)[C@@]3(C)CCC12O3. The van der Waals surface area contributed by atoms with E-state index in [1.54, 1.807) is 4.90 Å². The van der Waals surface area contributed by atoms with Gasteiger partial charge in [-0.3, -0.25) is 14.4 Å². The molecule has 1 aromatic rings. The highest BCUT2D eigenvalue weighted by atomic mass is 16.5. The first-order chi connectivity index (χ1) is 16.2. The van der Waals surface area contributed by atoms with Gasteiger partial charge in [0.2, 0.25) is 17.7 Å². The summed E-state index contributed by atoms with van der Waals surface area (Å²) >= 11 is 0. The van der Waals surface area contributed by atoms with Gasteiger partial charge in [-0.2, -0.15) is 0 Å². The van der Waals surface area contributed by atoms with E-state index in [4.69, 9.17) is 9.84 Å². The van der Waals surface area contributed by atoms with Crippen LogP contribution in [-0.2, 0) is 25.7 Å². The molecular weight excluding hydrogens is 434 g/mol. The molecule has 2 unspecified atom stereocenters. The number of fused-ring (bicyclic) bond motifs is 1. The van der Waals surface area contributed by atoms with Gasteiger partial charge >= 0.3 is 0 Å². The second-order valence-corrected chi connectivity index (χ2v) is 10.4. The number of hydrogen-bond acceptors (Lipinski definition) is 5. The summed E-state index contributed by atoms with van der Waals surface area (Å²) in [5, 5.41) is 15.1. The maximum atomic E-state index is 13.8. The van der Waals surface area contributed by atoms with Gasteiger partial charge in [0.1, 0.15) is 11.6 Å². The van der Waals surface area contributed by atoms with Crippen LogP contribution in [0.3, 0.4) is 0 Å². The van der Waals surface area contributed by atoms with Gasteiger partial charge in [-0.15, -0.1) is 0 Å². The fraction of sp³-hybridized carbons (Fsp3) is 0.654. The van der Waals surface area contributed by atoms with Gasteiger partial charge in [0.25, 0.3) is 0 Å². The van der Waals surface area contributed by atoms with E-state index in [0.29, 0.717) is 38.8 Å². The minimum absolute atomic E-state index is 0.0755. The van der Waals surface area contributed by atoms with Crippen LogP contribution in [0.5, 0.6) is 0 Å². The normalized spacial score (nSPS) is 31.7. The Labute approximate surface area is 201 Å². The van der Waals surface area contributed by atoms with Gasteiger partial charge in [0, 0.05) is 25.7 Å². The fourth-order valence-corrected chi connectivity index (χ4v) is 6.20. The molecule has 0 radical (unpaired) electrons. The molecule has 1 aromatic carbocycles. The molecule has 2 bridgehead atoms. The number of rotatable bonds is 10. The molecule has 0 aromatic heterocycles. The number of nitrogens with one attached hydrogen (secondary N) is 2. The average Bonchev–Trinajstić information content (AvgIpc) is 3.36. The van der Waals surface area contributed by atoms with E-state index in [0.717, 1.165) is 12.0 Å². The topological polar surface area (TPSA) is 108 Å². The first kappa shape index (κ1) is 24.7. The molecule has 1 spiro atoms. The second-order valence-electron chi connectivity index (χ2n) is 10.4. The highest BCUT2D eigenvalue weighted by molar-refractivity contribution is 5.99. The maximum Gasteiger partial charge on any atom is 0.246 e. The number of hydrogen-bond donors (Lipinski definition) is 3. The standard InChI is InChI=1S/C26H37N3O5/c1-17(2)28-23(32)21-26-13-12-25(3,34-26)19(22(31)27-16-18-10-6-4-7-11-18)20(26)24(33)29(21)14-8-5-9-15-30/h4,6-7,10-11,17,19-21,30H,5,8-9,12-16H2,1-3H3,(H,27,31)(H,28,32)/t19-,20-,21?,25+,26?/m0/s1. The summed E-state index contributed by atoms with van der Waals surface area (Å²) in [5.41, 5.74) is -0.783. The predicted octanol–water partition coefficient (Wildman–Crippen LogP) is 1.75. The summed E-state index contributed by atoms with van der Waals surface area (Å²) in [6.45, 7) is 6.58. The highest BCUT2D eigenvalue weighted by Gasteiger charge is 2.77. The van der Waals surface area contributed by atoms with Crippen molar-refractivity contribution in [2.45, 2.75) is 82.7 Å².